The van der Waals surface area contributed by atoms with E-state index in [4.69, 9.17) is 4.74 Å². The molecule has 1 spiro atoms. The van der Waals surface area contributed by atoms with E-state index in [-0.39, 0.29) is 22.6 Å². The summed E-state index contributed by atoms with van der Waals surface area (Å²) in [6.07, 6.45) is -1.26. The Labute approximate surface area is 194 Å². The topological polar surface area (TPSA) is 83.5 Å². The van der Waals surface area contributed by atoms with Crippen molar-refractivity contribution in [1.82, 2.24) is 25.4 Å². The predicted octanol–water partition coefficient (Wildman–Crippen LogP) is 3.41. The van der Waals surface area contributed by atoms with E-state index < -0.39 is 30.5 Å². The van der Waals surface area contributed by atoms with Gasteiger partial charge in [-0.25, -0.2) is 9.37 Å². The minimum absolute atomic E-state index is 0.00105. The number of carbonyl (C=O) groups excluding carboxylic acids is 1. The third kappa shape index (κ3) is 5.21. The monoisotopic (exact) mass is 482 g/mol. The van der Waals surface area contributed by atoms with Gasteiger partial charge >= 0.3 is 6.18 Å². The number of carbonyl (C=O) groups is 1. The van der Waals surface area contributed by atoms with Gasteiger partial charge in [0.2, 0.25) is 0 Å². The Kier molecular flexibility index (Phi) is 6.61. The molecule has 2 fully saturated rings. The lowest BCUT2D eigenvalue weighted by Crippen LogP contribution is -2.60. The van der Waals surface area contributed by atoms with E-state index in [0.717, 1.165) is 51.2 Å². The van der Waals surface area contributed by atoms with Crippen molar-refractivity contribution in [2.45, 2.75) is 38.9 Å². The Hall–Kier alpha value is -3.02. The molecule has 4 rings (SSSR count). The maximum Gasteiger partial charge on any atom is 0.406 e. The van der Waals surface area contributed by atoms with Crippen LogP contribution in [0.15, 0.2) is 24.5 Å². The standard InChI is InChI=1S/C22H26F4N6O2/c1-14(2)32(12-22(24,25)26)20(33)16-9-15(23)3-4-17(16)34-19-18(28-13-29-30-19)31-10-21(11-31)5-7-27-8-6-21/h3-4,9,13-14,27H,5-8,10-12H2,1-2H3. The van der Waals surface area contributed by atoms with Crippen LogP contribution in [0.4, 0.5) is 23.4 Å². The lowest BCUT2D eigenvalue weighted by molar-refractivity contribution is -0.143. The molecule has 12 heteroatoms. The molecule has 2 aromatic rings. The van der Waals surface area contributed by atoms with Crippen LogP contribution in [0.5, 0.6) is 11.6 Å². The number of amides is 1. The van der Waals surface area contributed by atoms with E-state index in [1.807, 2.05) is 4.90 Å². The van der Waals surface area contributed by atoms with Gasteiger partial charge < -0.3 is 19.9 Å². The quantitative estimate of drug-likeness (QED) is 0.632. The fourth-order valence-electron chi connectivity index (χ4n) is 4.43. The molecule has 2 saturated heterocycles. The van der Waals surface area contributed by atoms with Crippen LogP contribution in [-0.4, -0.2) is 70.9 Å². The van der Waals surface area contributed by atoms with E-state index in [1.54, 1.807) is 0 Å². The molecule has 3 heterocycles. The van der Waals surface area contributed by atoms with Crippen molar-refractivity contribution in [1.29, 1.82) is 0 Å². The third-order valence-corrected chi connectivity index (χ3v) is 6.20. The smallest absolute Gasteiger partial charge is 0.406 e. The summed E-state index contributed by atoms with van der Waals surface area (Å²) in [6, 6.07) is 2.34. The summed E-state index contributed by atoms with van der Waals surface area (Å²) in [5, 5.41) is 11.1. The first-order chi connectivity index (χ1) is 16.1. The largest absolute Gasteiger partial charge is 0.434 e. The van der Waals surface area contributed by atoms with Crippen molar-refractivity contribution in [2.24, 2.45) is 5.41 Å². The third-order valence-electron chi connectivity index (χ3n) is 6.20. The molecule has 1 N–H and O–H groups in total. The fraction of sp³-hybridized carbons (Fsp3) is 0.545. The Morgan fingerprint density at radius 2 is 1.97 bits per heavy atom. The number of rotatable bonds is 6. The first-order valence-electron chi connectivity index (χ1n) is 11.1. The van der Waals surface area contributed by atoms with Gasteiger partial charge in [-0.3, -0.25) is 4.79 Å². The summed E-state index contributed by atoms with van der Waals surface area (Å²) in [4.78, 5) is 19.9. The van der Waals surface area contributed by atoms with Crippen LogP contribution >= 0.6 is 0 Å². The van der Waals surface area contributed by atoms with Gasteiger partial charge in [-0.1, -0.05) is 0 Å². The summed E-state index contributed by atoms with van der Waals surface area (Å²) in [5.74, 6) is -1.49. The van der Waals surface area contributed by atoms with Crippen molar-refractivity contribution in [2.75, 3.05) is 37.6 Å². The van der Waals surface area contributed by atoms with E-state index >= 15 is 0 Å². The van der Waals surface area contributed by atoms with E-state index in [9.17, 15) is 22.4 Å². The summed E-state index contributed by atoms with van der Waals surface area (Å²) in [5.41, 5.74) is -0.146. The van der Waals surface area contributed by atoms with Gasteiger partial charge in [0, 0.05) is 24.5 Å². The maximum absolute atomic E-state index is 14.0. The molecule has 0 bridgehead atoms. The second kappa shape index (κ2) is 9.32. The maximum atomic E-state index is 14.0. The number of halogens is 4. The summed E-state index contributed by atoms with van der Waals surface area (Å²) >= 11 is 0. The Balaban J connectivity index is 1.59. The number of ether oxygens (including phenoxy) is 1. The molecule has 0 unspecified atom stereocenters. The van der Waals surface area contributed by atoms with Gasteiger partial charge in [0.15, 0.2) is 5.82 Å². The number of alkyl halides is 3. The van der Waals surface area contributed by atoms with E-state index in [0.29, 0.717) is 10.7 Å². The molecule has 0 aliphatic carbocycles. The number of benzene rings is 1. The van der Waals surface area contributed by atoms with Gasteiger partial charge in [0.05, 0.1) is 5.56 Å². The Morgan fingerprint density at radius 3 is 2.62 bits per heavy atom. The number of nitrogens with one attached hydrogen (secondary N) is 1. The minimum atomic E-state index is -4.61. The van der Waals surface area contributed by atoms with E-state index in [1.165, 1.54) is 26.2 Å². The highest BCUT2D eigenvalue weighted by molar-refractivity contribution is 5.97. The molecule has 0 saturated carbocycles. The summed E-state index contributed by atoms with van der Waals surface area (Å²) < 4.78 is 59.1. The van der Waals surface area contributed by atoms with Crippen molar-refractivity contribution in [3.05, 3.63) is 35.9 Å². The van der Waals surface area contributed by atoms with Gasteiger partial charge in [0.25, 0.3) is 11.8 Å². The zero-order valence-corrected chi connectivity index (χ0v) is 18.9. The summed E-state index contributed by atoms with van der Waals surface area (Å²) in [6.45, 7) is 4.85. The molecular formula is C22H26F4N6O2. The van der Waals surface area contributed by atoms with E-state index in [2.05, 4.69) is 20.5 Å². The molecule has 8 nitrogen and oxygen atoms in total. The van der Waals surface area contributed by atoms with Crippen LogP contribution in [-0.2, 0) is 0 Å². The average molecular weight is 482 g/mol. The number of aromatic nitrogens is 3. The van der Waals surface area contributed by atoms with Crippen molar-refractivity contribution >= 4 is 11.7 Å². The highest BCUT2D eigenvalue weighted by atomic mass is 19.4. The van der Waals surface area contributed by atoms with Crippen LogP contribution in [0.3, 0.4) is 0 Å². The molecular weight excluding hydrogens is 456 g/mol. The first kappa shape index (κ1) is 24.1. The van der Waals surface area contributed by atoms with Gasteiger partial charge in [0.1, 0.15) is 24.4 Å². The van der Waals surface area contributed by atoms with Gasteiger partial charge in [-0.2, -0.15) is 13.2 Å². The number of hydrogen-bond acceptors (Lipinski definition) is 7. The molecule has 1 aromatic heterocycles. The van der Waals surface area contributed by atoms with Crippen molar-refractivity contribution in [3.8, 4) is 11.6 Å². The normalized spacial score (nSPS) is 17.6. The SMILES string of the molecule is CC(C)N(CC(F)(F)F)C(=O)c1cc(F)ccc1Oc1nncnc1N1CC2(CCNCC2)C1. The van der Waals surface area contributed by atoms with Crippen molar-refractivity contribution in [3.63, 3.8) is 0 Å². The molecule has 34 heavy (non-hydrogen) atoms. The van der Waals surface area contributed by atoms with Gasteiger partial charge in [-0.05, 0) is 58.0 Å². The number of hydrogen-bond donors (Lipinski definition) is 1. The lowest BCUT2D eigenvalue weighted by atomic mass is 9.72. The van der Waals surface area contributed by atoms with Crippen LogP contribution in [0.2, 0.25) is 0 Å². The molecule has 2 aliphatic heterocycles. The van der Waals surface area contributed by atoms with Crippen LogP contribution in [0.1, 0.15) is 37.0 Å². The second-order valence-electron chi connectivity index (χ2n) is 9.08. The average Bonchev–Trinajstić information content (AvgIpc) is 2.77. The highest BCUT2D eigenvalue weighted by Crippen LogP contribution is 2.43. The number of nitrogens with zero attached hydrogens (tertiary/aromatic N) is 5. The molecule has 1 amide bonds. The number of anilines is 1. The van der Waals surface area contributed by atoms with Crippen molar-refractivity contribution < 1.29 is 27.1 Å². The molecule has 2 aliphatic rings. The van der Waals surface area contributed by atoms with Crippen LogP contribution in [0.25, 0.3) is 0 Å². The molecule has 1 aromatic carbocycles. The molecule has 0 atom stereocenters. The van der Waals surface area contributed by atoms with Crippen LogP contribution < -0.4 is 15.0 Å². The minimum Gasteiger partial charge on any atom is -0.434 e. The van der Waals surface area contributed by atoms with Gasteiger partial charge in [-0.15, -0.1) is 10.2 Å². The first-order valence-corrected chi connectivity index (χ1v) is 11.1. The summed E-state index contributed by atoms with van der Waals surface area (Å²) in [7, 11) is 0. The molecule has 184 valence electrons. The predicted molar refractivity (Wildman–Crippen MR) is 115 cm³/mol. The zero-order valence-electron chi connectivity index (χ0n) is 18.9. The lowest BCUT2D eigenvalue weighted by Gasteiger charge is -2.52. The zero-order chi connectivity index (χ0) is 24.5. The Bertz CT molecular complexity index is 1030. The molecule has 0 radical (unpaired) electrons. The fourth-order valence-corrected chi connectivity index (χ4v) is 4.43. The second-order valence-corrected chi connectivity index (χ2v) is 9.08. The highest BCUT2D eigenvalue weighted by Gasteiger charge is 2.45. The van der Waals surface area contributed by atoms with Crippen LogP contribution in [0, 0.1) is 11.2 Å². The Morgan fingerprint density at radius 1 is 1.26 bits per heavy atom. The number of piperidine rings is 1.